The number of hydrogen-bond donors (Lipinski definition) is 2. The number of aromatic nitrogens is 2. The Morgan fingerprint density at radius 2 is 2.06 bits per heavy atom. The zero-order valence-corrected chi connectivity index (χ0v) is 11.7. The second-order valence-corrected chi connectivity index (χ2v) is 4.18. The summed E-state index contributed by atoms with van der Waals surface area (Å²) in [6.07, 6.45) is 3.78. The van der Waals surface area contributed by atoms with Crippen molar-refractivity contribution < 1.29 is 9.47 Å². The lowest BCUT2D eigenvalue weighted by Gasteiger charge is -2.16. The summed E-state index contributed by atoms with van der Waals surface area (Å²) in [7, 11) is 0. The Kier molecular flexibility index (Phi) is 7.64. The van der Waals surface area contributed by atoms with Gasteiger partial charge in [0.05, 0.1) is 6.20 Å². The van der Waals surface area contributed by atoms with Gasteiger partial charge in [-0.2, -0.15) is 5.10 Å². The molecule has 104 valence electrons. The molecule has 0 aliphatic rings. The van der Waals surface area contributed by atoms with Gasteiger partial charge in [-0.15, -0.1) is 0 Å². The van der Waals surface area contributed by atoms with Crippen LogP contribution in [0.5, 0.6) is 0 Å². The highest BCUT2D eigenvalue weighted by atomic mass is 16.7. The molecule has 0 fully saturated rings. The molecule has 2 N–H and O–H groups in total. The van der Waals surface area contributed by atoms with Crippen molar-refractivity contribution >= 4 is 0 Å². The fourth-order valence-corrected chi connectivity index (χ4v) is 1.76. The van der Waals surface area contributed by atoms with Crippen LogP contribution in [0.25, 0.3) is 0 Å². The van der Waals surface area contributed by atoms with E-state index in [1.54, 1.807) is 0 Å². The van der Waals surface area contributed by atoms with Gasteiger partial charge in [0.15, 0.2) is 6.29 Å². The molecule has 0 amide bonds. The standard InChI is InChI=1S/C13H25N3O2/c1-4-17-13(18-5-2)7-6-8-14-9-12-10-15-16-11(12)3/h10,13-14H,4-9H2,1-3H3,(H,15,16). The fourth-order valence-electron chi connectivity index (χ4n) is 1.76. The average Bonchev–Trinajstić information content (AvgIpc) is 2.75. The van der Waals surface area contributed by atoms with Crippen LogP contribution in [0.3, 0.4) is 0 Å². The number of aromatic amines is 1. The van der Waals surface area contributed by atoms with Crippen LogP contribution in [0.4, 0.5) is 0 Å². The van der Waals surface area contributed by atoms with Crippen molar-refractivity contribution in [2.75, 3.05) is 19.8 Å². The number of nitrogens with one attached hydrogen (secondary N) is 2. The van der Waals surface area contributed by atoms with Gasteiger partial charge in [-0.25, -0.2) is 0 Å². The first-order valence-corrected chi connectivity index (χ1v) is 6.70. The molecule has 0 aliphatic heterocycles. The molecule has 0 aromatic carbocycles. The highest BCUT2D eigenvalue weighted by molar-refractivity contribution is 5.13. The molecule has 1 aromatic heterocycles. The van der Waals surface area contributed by atoms with Gasteiger partial charge in [-0.1, -0.05) is 0 Å². The molecule has 0 atom stereocenters. The SMILES string of the molecule is CCOC(CCCNCc1cn[nH]c1C)OCC. The maximum Gasteiger partial charge on any atom is 0.157 e. The van der Waals surface area contributed by atoms with Gasteiger partial charge in [-0.05, 0) is 40.2 Å². The molecule has 1 aromatic rings. The molecule has 5 nitrogen and oxygen atoms in total. The van der Waals surface area contributed by atoms with Crippen molar-refractivity contribution in [3.63, 3.8) is 0 Å². The van der Waals surface area contributed by atoms with Gasteiger partial charge in [0, 0.05) is 31.0 Å². The van der Waals surface area contributed by atoms with Crippen molar-refractivity contribution in [1.82, 2.24) is 15.5 Å². The largest absolute Gasteiger partial charge is 0.353 e. The number of rotatable bonds is 10. The fraction of sp³-hybridized carbons (Fsp3) is 0.769. The van der Waals surface area contributed by atoms with Crippen molar-refractivity contribution in [3.8, 4) is 0 Å². The van der Waals surface area contributed by atoms with Crippen molar-refractivity contribution in [3.05, 3.63) is 17.5 Å². The zero-order chi connectivity index (χ0) is 13.2. The highest BCUT2D eigenvalue weighted by Gasteiger charge is 2.07. The lowest BCUT2D eigenvalue weighted by atomic mass is 10.2. The molecule has 1 rings (SSSR count). The second-order valence-electron chi connectivity index (χ2n) is 4.18. The molecule has 5 heteroatoms. The van der Waals surface area contributed by atoms with Crippen molar-refractivity contribution in [2.45, 2.75) is 46.4 Å². The number of H-pyrrole nitrogens is 1. The van der Waals surface area contributed by atoms with Gasteiger partial charge in [0.25, 0.3) is 0 Å². The minimum Gasteiger partial charge on any atom is -0.353 e. The van der Waals surface area contributed by atoms with Gasteiger partial charge >= 0.3 is 0 Å². The van der Waals surface area contributed by atoms with E-state index >= 15 is 0 Å². The number of ether oxygens (including phenoxy) is 2. The summed E-state index contributed by atoms with van der Waals surface area (Å²) in [5.41, 5.74) is 2.35. The monoisotopic (exact) mass is 255 g/mol. The normalized spacial score (nSPS) is 11.3. The lowest BCUT2D eigenvalue weighted by molar-refractivity contribution is -0.139. The van der Waals surface area contributed by atoms with Crippen LogP contribution in [-0.4, -0.2) is 36.2 Å². The van der Waals surface area contributed by atoms with E-state index in [0.717, 1.165) is 31.6 Å². The predicted molar refractivity (Wildman–Crippen MR) is 71.3 cm³/mol. The minimum absolute atomic E-state index is 0.0579. The molecule has 0 saturated heterocycles. The molecule has 0 saturated carbocycles. The van der Waals surface area contributed by atoms with Gasteiger partial charge in [-0.3, -0.25) is 5.10 Å². The summed E-state index contributed by atoms with van der Waals surface area (Å²) in [5.74, 6) is 0. The van der Waals surface area contributed by atoms with Gasteiger partial charge in [0.1, 0.15) is 0 Å². The molecular weight excluding hydrogens is 230 g/mol. The van der Waals surface area contributed by atoms with Crippen LogP contribution in [0.2, 0.25) is 0 Å². The second kappa shape index (κ2) is 9.08. The van der Waals surface area contributed by atoms with Crippen molar-refractivity contribution in [1.29, 1.82) is 0 Å². The van der Waals surface area contributed by atoms with Gasteiger partial charge in [0.2, 0.25) is 0 Å². The van der Waals surface area contributed by atoms with E-state index < -0.39 is 0 Å². The molecular formula is C13H25N3O2. The molecule has 0 bridgehead atoms. The van der Waals surface area contributed by atoms with E-state index in [-0.39, 0.29) is 6.29 Å². The smallest absolute Gasteiger partial charge is 0.157 e. The molecule has 0 spiro atoms. The van der Waals surface area contributed by atoms with E-state index in [9.17, 15) is 0 Å². The Labute approximate surface area is 109 Å². The van der Waals surface area contributed by atoms with Crippen LogP contribution in [0, 0.1) is 6.92 Å². The van der Waals surface area contributed by atoms with Crippen LogP contribution in [0.15, 0.2) is 6.20 Å². The summed E-state index contributed by atoms with van der Waals surface area (Å²) in [6.45, 7) is 9.23. The molecule has 18 heavy (non-hydrogen) atoms. The van der Waals surface area contributed by atoms with E-state index in [1.807, 2.05) is 27.0 Å². The minimum atomic E-state index is -0.0579. The summed E-state index contributed by atoms with van der Waals surface area (Å²) in [6, 6.07) is 0. The Morgan fingerprint density at radius 3 is 2.61 bits per heavy atom. The number of nitrogens with zero attached hydrogens (tertiary/aromatic N) is 1. The first-order chi connectivity index (χ1) is 8.77. The summed E-state index contributed by atoms with van der Waals surface area (Å²) in [4.78, 5) is 0. The quantitative estimate of drug-likeness (QED) is 0.496. The highest BCUT2D eigenvalue weighted by Crippen LogP contribution is 2.05. The number of hydrogen-bond acceptors (Lipinski definition) is 4. The predicted octanol–water partition coefficient (Wildman–Crippen LogP) is 1.99. The van der Waals surface area contributed by atoms with Crippen LogP contribution < -0.4 is 5.32 Å². The van der Waals surface area contributed by atoms with E-state index in [1.165, 1.54) is 5.56 Å². The maximum absolute atomic E-state index is 5.49. The first kappa shape index (κ1) is 15.1. The van der Waals surface area contributed by atoms with Crippen LogP contribution in [0.1, 0.15) is 37.9 Å². The summed E-state index contributed by atoms with van der Waals surface area (Å²) >= 11 is 0. The van der Waals surface area contributed by atoms with Crippen LogP contribution >= 0.6 is 0 Å². The average molecular weight is 255 g/mol. The van der Waals surface area contributed by atoms with Crippen LogP contribution in [-0.2, 0) is 16.0 Å². The molecule has 0 aliphatic carbocycles. The third-order valence-corrected chi connectivity index (χ3v) is 2.75. The molecule has 1 heterocycles. The lowest BCUT2D eigenvalue weighted by Crippen LogP contribution is -2.21. The zero-order valence-electron chi connectivity index (χ0n) is 11.7. The number of aryl methyl sites for hydroxylation is 1. The maximum atomic E-state index is 5.49. The Hall–Kier alpha value is -0.910. The Morgan fingerprint density at radius 1 is 1.33 bits per heavy atom. The third kappa shape index (κ3) is 5.62. The summed E-state index contributed by atoms with van der Waals surface area (Å²) < 4.78 is 11.0. The Bertz CT molecular complexity index is 309. The first-order valence-electron chi connectivity index (χ1n) is 6.70. The summed E-state index contributed by atoms with van der Waals surface area (Å²) in [5, 5.41) is 10.3. The van der Waals surface area contributed by atoms with Crippen molar-refractivity contribution in [2.24, 2.45) is 0 Å². The molecule has 0 unspecified atom stereocenters. The topological polar surface area (TPSA) is 59.2 Å². The van der Waals surface area contributed by atoms with E-state index in [2.05, 4.69) is 15.5 Å². The molecule has 0 radical (unpaired) electrons. The third-order valence-electron chi connectivity index (χ3n) is 2.75. The van der Waals surface area contributed by atoms with E-state index in [0.29, 0.717) is 13.2 Å². The Balaban J connectivity index is 2.08. The van der Waals surface area contributed by atoms with E-state index in [4.69, 9.17) is 9.47 Å². The van der Waals surface area contributed by atoms with Gasteiger partial charge < -0.3 is 14.8 Å².